The normalized spacial score (nSPS) is 15.5. The molecule has 1 aromatic rings. The minimum absolute atomic E-state index is 0.161. The number of anilines is 1. The maximum Gasteiger partial charge on any atom is 0.253 e. The molecule has 0 aromatic heterocycles. The van der Waals surface area contributed by atoms with Gasteiger partial charge in [0.15, 0.2) is 0 Å². The first-order chi connectivity index (χ1) is 8.79. The third-order valence-electron chi connectivity index (χ3n) is 2.38. The highest BCUT2D eigenvalue weighted by molar-refractivity contribution is 7.85. The van der Waals surface area contributed by atoms with Crippen LogP contribution < -0.4 is 10.1 Å². The summed E-state index contributed by atoms with van der Waals surface area (Å²) in [7, 11) is -4.57. The Morgan fingerprint density at radius 2 is 1.84 bits per heavy atom. The fraction of sp³-hybridized carbons (Fsp3) is 0.100. The molecular formula is C10H6N2O6S-2. The molecule has 8 nitrogen and oxygen atoms in total. The van der Waals surface area contributed by atoms with Crippen molar-refractivity contribution in [1.29, 1.82) is 0 Å². The van der Waals surface area contributed by atoms with Gasteiger partial charge in [0.25, 0.3) is 5.91 Å². The fourth-order valence-electron chi connectivity index (χ4n) is 1.50. The van der Waals surface area contributed by atoms with Gasteiger partial charge in [0.1, 0.15) is 10.1 Å². The Balaban J connectivity index is 2.34. The highest BCUT2D eigenvalue weighted by Gasteiger charge is 2.25. The van der Waals surface area contributed by atoms with E-state index in [1.807, 2.05) is 0 Å². The van der Waals surface area contributed by atoms with Crippen LogP contribution in [0.25, 0.3) is 0 Å². The number of amides is 1. The van der Waals surface area contributed by atoms with Crippen molar-refractivity contribution in [2.75, 3.05) is 5.01 Å². The van der Waals surface area contributed by atoms with Crippen molar-refractivity contribution in [1.82, 2.24) is 0 Å². The summed E-state index contributed by atoms with van der Waals surface area (Å²) >= 11 is 0. The van der Waals surface area contributed by atoms with Gasteiger partial charge >= 0.3 is 0 Å². The van der Waals surface area contributed by atoms with Gasteiger partial charge in [-0.3, -0.25) is 4.79 Å². The van der Waals surface area contributed by atoms with Crippen LogP contribution in [0.1, 0.15) is 6.42 Å². The summed E-state index contributed by atoms with van der Waals surface area (Å²) < 4.78 is 32.2. The lowest BCUT2D eigenvalue weighted by Gasteiger charge is -2.13. The fourth-order valence-corrected chi connectivity index (χ4v) is 1.97. The zero-order chi connectivity index (χ0) is 14.2. The van der Waals surface area contributed by atoms with E-state index in [0.29, 0.717) is 0 Å². The van der Waals surface area contributed by atoms with E-state index in [1.165, 1.54) is 12.1 Å². The van der Waals surface area contributed by atoms with E-state index in [4.69, 9.17) is 0 Å². The summed E-state index contributed by atoms with van der Waals surface area (Å²) in [4.78, 5) is 21.6. The summed E-state index contributed by atoms with van der Waals surface area (Å²) in [6, 6.07) is 4.39. The summed E-state index contributed by atoms with van der Waals surface area (Å²) in [6.45, 7) is 0. The van der Waals surface area contributed by atoms with Crippen LogP contribution >= 0.6 is 0 Å². The average Bonchev–Trinajstić information content (AvgIpc) is 2.70. The van der Waals surface area contributed by atoms with Gasteiger partial charge in [-0.2, -0.15) is 5.10 Å². The smallest absolute Gasteiger partial charge is 0.253 e. The van der Waals surface area contributed by atoms with Gasteiger partial charge in [-0.15, -0.1) is 0 Å². The minimum atomic E-state index is -4.57. The molecule has 1 heterocycles. The van der Waals surface area contributed by atoms with Gasteiger partial charge in [-0.1, -0.05) is 0 Å². The largest absolute Gasteiger partial charge is 0.744 e. The predicted molar refractivity (Wildman–Crippen MR) is 59.0 cm³/mol. The predicted octanol–water partition coefficient (Wildman–Crippen LogP) is -1.57. The van der Waals surface area contributed by atoms with E-state index in [9.17, 15) is 27.7 Å². The molecule has 9 heteroatoms. The zero-order valence-corrected chi connectivity index (χ0v) is 10.1. The first-order valence-electron chi connectivity index (χ1n) is 4.97. The Bertz CT molecular complexity index is 676. The Labute approximate surface area is 107 Å². The summed E-state index contributed by atoms with van der Waals surface area (Å²) in [6.07, 6.45) is -0.399. The minimum Gasteiger partial charge on any atom is -0.744 e. The van der Waals surface area contributed by atoms with E-state index < -0.39 is 39.0 Å². The Morgan fingerprint density at radius 3 is 2.26 bits per heavy atom. The van der Waals surface area contributed by atoms with Crippen molar-refractivity contribution in [3.63, 3.8) is 0 Å². The van der Waals surface area contributed by atoms with Crippen LogP contribution in [0.3, 0.4) is 0 Å². The van der Waals surface area contributed by atoms with E-state index in [2.05, 4.69) is 5.10 Å². The molecule has 0 atom stereocenters. The third kappa shape index (κ3) is 2.61. The van der Waals surface area contributed by atoms with Crippen molar-refractivity contribution >= 4 is 33.4 Å². The summed E-state index contributed by atoms with van der Waals surface area (Å²) in [5.74, 6) is -2.13. The molecule has 0 fully saturated rings. The number of carboxylic acid groups (broad SMARTS) is 1. The highest BCUT2D eigenvalue weighted by Crippen LogP contribution is 2.22. The molecule has 19 heavy (non-hydrogen) atoms. The van der Waals surface area contributed by atoms with Crippen LogP contribution in [0, 0.1) is 0 Å². The van der Waals surface area contributed by atoms with Gasteiger partial charge in [0.05, 0.1) is 28.7 Å². The van der Waals surface area contributed by atoms with E-state index in [1.54, 1.807) is 0 Å². The number of carboxylic acids is 1. The number of aliphatic carboxylic acids is 1. The Hall–Kier alpha value is -2.26. The quantitative estimate of drug-likeness (QED) is 0.616. The molecule has 0 aliphatic carbocycles. The molecule has 0 radical (unpaired) electrons. The molecule has 0 spiro atoms. The highest BCUT2D eigenvalue weighted by atomic mass is 32.2. The lowest BCUT2D eigenvalue weighted by atomic mass is 10.2. The first-order valence-corrected chi connectivity index (χ1v) is 6.37. The molecule has 0 bridgehead atoms. The molecule has 1 aromatic carbocycles. The SMILES string of the molecule is O=C([O-])C1=NN(c2ccc(S(=O)(=O)[O-])cc2)C(=O)C1. The van der Waals surface area contributed by atoms with Crippen molar-refractivity contribution in [3.8, 4) is 0 Å². The van der Waals surface area contributed by atoms with E-state index >= 15 is 0 Å². The Morgan fingerprint density at radius 1 is 1.26 bits per heavy atom. The van der Waals surface area contributed by atoms with Crippen molar-refractivity contribution in [2.24, 2.45) is 5.10 Å². The molecule has 1 aliphatic heterocycles. The summed E-state index contributed by atoms with van der Waals surface area (Å²) in [5.41, 5.74) is -0.251. The number of nitrogens with zero attached hydrogens (tertiary/aromatic N) is 2. The van der Waals surface area contributed by atoms with Crippen LogP contribution in [0.5, 0.6) is 0 Å². The van der Waals surface area contributed by atoms with Gasteiger partial charge in [-0.25, -0.2) is 13.4 Å². The van der Waals surface area contributed by atoms with Gasteiger partial charge in [-0.05, 0) is 24.3 Å². The van der Waals surface area contributed by atoms with E-state index in [0.717, 1.165) is 17.1 Å². The number of carbonyl (C=O) groups is 2. The van der Waals surface area contributed by atoms with Crippen molar-refractivity contribution in [2.45, 2.75) is 11.3 Å². The van der Waals surface area contributed by atoms with Gasteiger partial charge < -0.3 is 14.5 Å². The van der Waals surface area contributed by atoms with Crippen LogP contribution in [-0.2, 0) is 19.7 Å². The second kappa shape index (κ2) is 4.44. The molecule has 0 saturated carbocycles. The van der Waals surface area contributed by atoms with Crippen LogP contribution in [0.2, 0.25) is 0 Å². The van der Waals surface area contributed by atoms with Crippen molar-refractivity contribution < 1.29 is 27.7 Å². The molecular weight excluding hydrogens is 276 g/mol. The first kappa shape index (κ1) is 13.2. The second-order valence-corrected chi connectivity index (χ2v) is 5.04. The molecule has 1 amide bonds. The van der Waals surface area contributed by atoms with Crippen LogP contribution in [0.4, 0.5) is 5.69 Å². The van der Waals surface area contributed by atoms with E-state index in [-0.39, 0.29) is 5.69 Å². The number of hydrogen-bond donors (Lipinski definition) is 0. The molecule has 0 saturated heterocycles. The maximum atomic E-state index is 11.5. The number of hydrogen-bond acceptors (Lipinski definition) is 7. The van der Waals surface area contributed by atoms with Gasteiger partial charge in [0, 0.05) is 0 Å². The van der Waals surface area contributed by atoms with Gasteiger partial charge in [0.2, 0.25) is 0 Å². The standard InChI is InChI=1S/C10H8N2O6S/c13-9-5-8(10(14)15)11-12(9)6-1-3-7(4-2-6)19(16,17)18/h1-4H,5H2,(H,14,15)(H,16,17,18)/p-2. The topological polar surface area (TPSA) is 130 Å². The zero-order valence-electron chi connectivity index (χ0n) is 9.27. The average molecular weight is 282 g/mol. The monoisotopic (exact) mass is 282 g/mol. The van der Waals surface area contributed by atoms with Crippen LogP contribution in [0.15, 0.2) is 34.3 Å². The molecule has 100 valence electrons. The number of hydrazone groups is 1. The molecule has 2 rings (SSSR count). The summed E-state index contributed by atoms with van der Waals surface area (Å²) in [5, 5.41) is 14.9. The number of benzene rings is 1. The van der Waals surface area contributed by atoms with Crippen molar-refractivity contribution in [3.05, 3.63) is 24.3 Å². The lowest BCUT2D eigenvalue weighted by molar-refractivity contribution is -0.294. The number of rotatable bonds is 3. The molecule has 0 unspecified atom stereocenters. The molecule has 0 N–H and O–H groups in total. The molecule has 1 aliphatic rings. The Kier molecular flexibility index (Phi) is 3.08. The number of carbonyl (C=O) groups excluding carboxylic acids is 2. The second-order valence-electron chi connectivity index (χ2n) is 3.66. The maximum absolute atomic E-state index is 11.5. The van der Waals surface area contributed by atoms with Crippen LogP contribution in [-0.4, -0.2) is 30.6 Å². The third-order valence-corrected chi connectivity index (χ3v) is 3.23. The lowest BCUT2D eigenvalue weighted by Crippen LogP contribution is -2.30.